The molecule has 0 heterocycles. The number of likely N-dealkylation sites (N-methyl/N-ethyl adjacent to an activating group) is 1. The fourth-order valence-corrected chi connectivity index (χ4v) is 1.62. The van der Waals surface area contributed by atoms with Gasteiger partial charge in [0.15, 0.2) is 0 Å². The molecule has 124 valence electrons. The van der Waals surface area contributed by atoms with Gasteiger partial charge in [-0.3, -0.25) is 19.6 Å². The lowest BCUT2D eigenvalue weighted by Gasteiger charge is -2.10. The average molecular weight is 328 g/mol. The Hall–Kier alpha value is -3.36. The Kier molecular flexibility index (Phi) is 7.49. The molecule has 8 heteroatoms. The number of rotatable bonds is 5. The van der Waals surface area contributed by atoms with Gasteiger partial charge in [0, 0.05) is 12.6 Å². The molecule has 1 atom stereocenters. The maximum absolute atomic E-state index is 12.0. The minimum absolute atomic E-state index is 0.245. The van der Waals surface area contributed by atoms with Gasteiger partial charge in [-0.2, -0.15) is 5.26 Å². The molecule has 0 spiro atoms. The molecule has 8 nitrogen and oxygen atoms in total. The third-order valence-corrected chi connectivity index (χ3v) is 2.94. The van der Waals surface area contributed by atoms with Crippen LogP contribution in [0.4, 0.5) is 0 Å². The quantitative estimate of drug-likeness (QED) is 0.322. The molecule has 1 rings (SSSR count). The molecule has 0 saturated heterocycles. The van der Waals surface area contributed by atoms with Crippen molar-refractivity contribution in [3.05, 3.63) is 35.4 Å². The molecule has 0 aliphatic heterocycles. The number of carbonyl (C=O) groups excluding carboxylic acids is 3. The van der Waals surface area contributed by atoms with E-state index in [-0.39, 0.29) is 13.0 Å². The molecule has 1 unspecified atom stereocenters. The first-order chi connectivity index (χ1) is 11.5. The van der Waals surface area contributed by atoms with Gasteiger partial charge in [0.1, 0.15) is 5.92 Å². The molecular weight excluding hydrogens is 312 g/mol. The first-order valence-corrected chi connectivity index (χ1v) is 6.93. The number of amides is 3. The maximum Gasteiger partial charge on any atom is 0.245 e. The van der Waals surface area contributed by atoms with E-state index in [2.05, 4.69) is 22.5 Å². The molecule has 0 aliphatic carbocycles. The average Bonchev–Trinajstić information content (AvgIpc) is 2.62. The minimum Gasteiger partial charge on any atom is -0.358 e. The van der Waals surface area contributed by atoms with Gasteiger partial charge in [-0.05, 0) is 24.3 Å². The minimum atomic E-state index is -1.04. The number of nitrogens with one attached hydrogen (secondary N) is 3. The second-order valence-electron chi connectivity index (χ2n) is 4.64. The molecule has 0 fully saturated rings. The van der Waals surface area contributed by atoms with E-state index >= 15 is 0 Å². The second-order valence-corrected chi connectivity index (χ2v) is 4.64. The van der Waals surface area contributed by atoms with E-state index in [9.17, 15) is 14.4 Å². The third-order valence-electron chi connectivity index (χ3n) is 2.94. The molecule has 0 radical (unpaired) electrons. The Balaban J connectivity index is 2.87. The van der Waals surface area contributed by atoms with Crippen LogP contribution in [-0.4, -0.2) is 36.5 Å². The Morgan fingerprint density at radius 2 is 1.79 bits per heavy atom. The molecular formula is C16H16N4O4. The highest BCUT2D eigenvalue weighted by atomic mass is 16.5. The first-order valence-electron chi connectivity index (χ1n) is 6.93. The third kappa shape index (κ3) is 6.18. The number of hydroxylamine groups is 1. The maximum atomic E-state index is 12.0. The highest BCUT2D eigenvalue weighted by Crippen LogP contribution is 2.05. The SMILES string of the molecule is CNC(=O)CNC(=O)C(C#Cc1ccc(C#N)cc1)CC(=O)NO. The lowest BCUT2D eigenvalue weighted by molar-refractivity contribution is -0.133. The van der Waals surface area contributed by atoms with Crippen molar-refractivity contribution < 1.29 is 19.6 Å². The van der Waals surface area contributed by atoms with Crippen molar-refractivity contribution in [2.75, 3.05) is 13.6 Å². The van der Waals surface area contributed by atoms with E-state index in [1.807, 2.05) is 6.07 Å². The topological polar surface area (TPSA) is 131 Å². The summed E-state index contributed by atoms with van der Waals surface area (Å²) >= 11 is 0. The summed E-state index contributed by atoms with van der Waals surface area (Å²) in [6.07, 6.45) is -0.362. The van der Waals surface area contributed by atoms with Crippen LogP contribution in [-0.2, 0) is 14.4 Å². The molecule has 0 bridgehead atoms. The van der Waals surface area contributed by atoms with Crippen LogP contribution in [0.1, 0.15) is 17.5 Å². The molecule has 0 aliphatic rings. The Morgan fingerprint density at radius 1 is 1.17 bits per heavy atom. The van der Waals surface area contributed by atoms with Crippen molar-refractivity contribution in [1.82, 2.24) is 16.1 Å². The van der Waals surface area contributed by atoms with Crippen LogP contribution in [0.15, 0.2) is 24.3 Å². The van der Waals surface area contributed by atoms with Crippen LogP contribution in [0.3, 0.4) is 0 Å². The lowest BCUT2D eigenvalue weighted by Crippen LogP contribution is -2.39. The van der Waals surface area contributed by atoms with Crippen LogP contribution in [0.25, 0.3) is 0 Å². The zero-order chi connectivity index (χ0) is 17.9. The van der Waals surface area contributed by atoms with Crippen LogP contribution in [0.2, 0.25) is 0 Å². The van der Waals surface area contributed by atoms with Gasteiger partial charge >= 0.3 is 0 Å². The van der Waals surface area contributed by atoms with Crippen LogP contribution in [0, 0.1) is 29.1 Å². The molecule has 0 saturated carbocycles. The molecule has 24 heavy (non-hydrogen) atoms. The van der Waals surface area contributed by atoms with E-state index in [0.29, 0.717) is 11.1 Å². The zero-order valence-electron chi connectivity index (χ0n) is 12.9. The van der Waals surface area contributed by atoms with Crippen LogP contribution in [0.5, 0.6) is 0 Å². The number of nitriles is 1. The largest absolute Gasteiger partial charge is 0.358 e. The molecule has 3 amide bonds. The van der Waals surface area contributed by atoms with E-state index in [4.69, 9.17) is 10.5 Å². The molecule has 0 aromatic heterocycles. The zero-order valence-corrected chi connectivity index (χ0v) is 12.9. The fraction of sp³-hybridized carbons (Fsp3) is 0.250. The number of hydrogen-bond donors (Lipinski definition) is 4. The number of benzene rings is 1. The smallest absolute Gasteiger partial charge is 0.245 e. The fourth-order valence-electron chi connectivity index (χ4n) is 1.62. The highest BCUT2D eigenvalue weighted by Gasteiger charge is 2.20. The Labute approximate surface area is 138 Å². The summed E-state index contributed by atoms with van der Waals surface area (Å²) in [5.41, 5.74) is 2.47. The number of carbonyl (C=O) groups is 3. The van der Waals surface area contributed by atoms with Crippen molar-refractivity contribution in [3.8, 4) is 17.9 Å². The van der Waals surface area contributed by atoms with Gasteiger partial charge in [0.05, 0.1) is 24.6 Å². The van der Waals surface area contributed by atoms with Gasteiger partial charge < -0.3 is 10.6 Å². The standard InChI is InChI=1S/C16H16N4O4/c1-18-15(22)10-19-16(23)13(8-14(21)20-24)7-6-11-2-4-12(9-17)5-3-11/h2-5,13,24H,8,10H2,1H3,(H,18,22)(H,19,23)(H,20,21). The van der Waals surface area contributed by atoms with Gasteiger partial charge in [-0.25, -0.2) is 5.48 Å². The summed E-state index contributed by atoms with van der Waals surface area (Å²) < 4.78 is 0. The first kappa shape index (κ1) is 18.7. The summed E-state index contributed by atoms with van der Waals surface area (Å²) in [5, 5.41) is 22.0. The van der Waals surface area contributed by atoms with Crippen molar-refractivity contribution in [2.24, 2.45) is 5.92 Å². The van der Waals surface area contributed by atoms with Crippen molar-refractivity contribution in [1.29, 1.82) is 5.26 Å². The summed E-state index contributed by atoms with van der Waals surface area (Å²) in [6.45, 7) is -0.245. The lowest BCUT2D eigenvalue weighted by atomic mass is 10.0. The number of hydrogen-bond acceptors (Lipinski definition) is 5. The summed E-state index contributed by atoms with van der Waals surface area (Å²) in [7, 11) is 1.43. The summed E-state index contributed by atoms with van der Waals surface area (Å²) in [4.78, 5) is 34.5. The van der Waals surface area contributed by atoms with Gasteiger partial charge in [-0.15, -0.1) is 0 Å². The van der Waals surface area contributed by atoms with Gasteiger partial charge in [0.25, 0.3) is 0 Å². The van der Waals surface area contributed by atoms with Crippen LogP contribution < -0.4 is 16.1 Å². The molecule has 1 aromatic rings. The van der Waals surface area contributed by atoms with Crippen LogP contribution >= 0.6 is 0 Å². The predicted octanol–water partition coefficient (Wildman–Crippen LogP) is -0.716. The molecule has 4 N–H and O–H groups in total. The van der Waals surface area contributed by atoms with Gasteiger partial charge in [-0.1, -0.05) is 11.8 Å². The predicted molar refractivity (Wildman–Crippen MR) is 83.1 cm³/mol. The van der Waals surface area contributed by atoms with Crippen molar-refractivity contribution in [3.63, 3.8) is 0 Å². The summed E-state index contributed by atoms with van der Waals surface area (Å²) in [5.74, 6) is 2.54. The highest BCUT2D eigenvalue weighted by molar-refractivity contribution is 5.90. The van der Waals surface area contributed by atoms with Crippen molar-refractivity contribution >= 4 is 17.7 Å². The Morgan fingerprint density at radius 3 is 2.33 bits per heavy atom. The second kappa shape index (κ2) is 9.62. The Bertz CT molecular complexity index is 710. The number of nitrogens with zero attached hydrogens (tertiary/aromatic N) is 1. The van der Waals surface area contributed by atoms with E-state index in [0.717, 1.165) is 0 Å². The van der Waals surface area contributed by atoms with Gasteiger partial charge in [0.2, 0.25) is 17.7 Å². The normalized spacial score (nSPS) is 10.4. The van der Waals surface area contributed by atoms with E-state index in [1.54, 1.807) is 24.3 Å². The van der Waals surface area contributed by atoms with E-state index in [1.165, 1.54) is 12.5 Å². The van der Waals surface area contributed by atoms with E-state index < -0.39 is 23.6 Å². The summed E-state index contributed by atoms with van der Waals surface area (Å²) in [6, 6.07) is 8.34. The molecule has 1 aromatic carbocycles. The monoisotopic (exact) mass is 328 g/mol. The van der Waals surface area contributed by atoms with Crippen molar-refractivity contribution in [2.45, 2.75) is 6.42 Å².